The lowest BCUT2D eigenvalue weighted by molar-refractivity contribution is 0.0591. The number of methoxy groups -OCH3 is 4. The minimum absolute atomic E-state index is 0.311. The number of carbonyl (C=O) groups excluding carboxylic acids is 4. The molecule has 0 radical (unpaired) electrons. The highest BCUT2D eigenvalue weighted by Gasteiger charge is 2.12. The van der Waals surface area contributed by atoms with Gasteiger partial charge in [-0.3, -0.25) is 19.9 Å². The van der Waals surface area contributed by atoms with Crippen LogP contribution in [0.3, 0.4) is 0 Å². The number of esters is 4. The van der Waals surface area contributed by atoms with E-state index in [1.54, 1.807) is 72.9 Å². The van der Waals surface area contributed by atoms with E-state index in [-0.39, 0.29) is 0 Å². The summed E-state index contributed by atoms with van der Waals surface area (Å²) in [6, 6.07) is 12.4. The van der Waals surface area contributed by atoms with Gasteiger partial charge in [0.2, 0.25) is 0 Å². The quantitative estimate of drug-likeness (QED) is 0.110. The highest BCUT2D eigenvalue weighted by Crippen LogP contribution is 2.21. The van der Waals surface area contributed by atoms with Gasteiger partial charge in [-0.15, -0.1) is 0 Å². The van der Waals surface area contributed by atoms with Crippen molar-refractivity contribution in [2.75, 3.05) is 28.4 Å². The summed E-state index contributed by atoms with van der Waals surface area (Å²) in [5.41, 5.74) is 4.59. The molecule has 0 N–H and O–H groups in total. The van der Waals surface area contributed by atoms with Crippen molar-refractivity contribution in [3.05, 3.63) is 141 Å². The molecule has 5 aromatic heterocycles. The first-order chi connectivity index (χ1) is 26.2. The molecular formula is C40H32N6O8. The number of nitrogens with zero attached hydrogens (tertiary/aromatic N) is 6. The highest BCUT2D eigenvalue weighted by atomic mass is 16.5. The zero-order valence-corrected chi connectivity index (χ0v) is 29.5. The smallest absolute Gasteiger partial charge is 0.337 e. The number of aromatic nitrogens is 6. The van der Waals surface area contributed by atoms with Gasteiger partial charge in [-0.2, -0.15) is 0 Å². The van der Waals surface area contributed by atoms with Crippen LogP contribution in [0.25, 0.3) is 48.6 Å². The van der Waals surface area contributed by atoms with Crippen LogP contribution in [0.5, 0.6) is 0 Å². The van der Waals surface area contributed by atoms with Gasteiger partial charge in [0, 0.05) is 24.8 Å². The third-order valence-electron chi connectivity index (χ3n) is 7.46. The van der Waals surface area contributed by atoms with Crippen LogP contribution in [0, 0.1) is 0 Å². The normalized spacial score (nSPS) is 11.3. The van der Waals surface area contributed by atoms with E-state index in [0.29, 0.717) is 67.8 Å². The van der Waals surface area contributed by atoms with Crippen molar-refractivity contribution in [3.63, 3.8) is 0 Å². The number of hydrogen-bond acceptors (Lipinski definition) is 14. The van der Waals surface area contributed by atoms with Crippen LogP contribution in [0.1, 0.15) is 87.0 Å². The van der Waals surface area contributed by atoms with Crippen molar-refractivity contribution in [2.45, 2.75) is 0 Å². The Kier molecular flexibility index (Phi) is 12.7. The summed E-state index contributed by atoms with van der Waals surface area (Å²) >= 11 is 0. The van der Waals surface area contributed by atoms with E-state index in [0.717, 1.165) is 0 Å². The second kappa shape index (κ2) is 18.1. The molecule has 0 aliphatic carbocycles. The van der Waals surface area contributed by atoms with Crippen molar-refractivity contribution in [3.8, 4) is 0 Å². The second-order valence-corrected chi connectivity index (χ2v) is 10.9. The maximum absolute atomic E-state index is 12.2. The van der Waals surface area contributed by atoms with Crippen LogP contribution < -0.4 is 0 Å². The first-order valence-corrected chi connectivity index (χ1v) is 16.0. The summed E-state index contributed by atoms with van der Waals surface area (Å²) in [6.07, 6.45) is 19.3. The van der Waals surface area contributed by atoms with Gasteiger partial charge in [-0.05, 0) is 97.1 Å². The predicted octanol–water partition coefficient (Wildman–Crippen LogP) is 5.88. The molecule has 0 unspecified atom stereocenters. The average molecular weight is 725 g/mol. The standard InChI is InChI=1S/C40H32N6O8/c1-51-37(47)25-13-17-41-29(21-25)5-9-33-34(10-6-30-22-26(14-18-42-30)38(48)52-2)46-36(12-8-32-24-28(16-20-44-32)40(50)54-4)35(45-33)11-7-31-23-27(15-19-43-31)39(49)53-3/h5-24H,1-4H3. The first kappa shape index (κ1) is 37.8. The van der Waals surface area contributed by atoms with Gasteiger partial charge in [0.1, 0.15) is 0 Å². The zero-order valence-electron chi connectivity index (χ0n) is 29.5. The van der Waals surface area contributed by atoms with E-state index >= 15 is 0 Å². The highest BCUT2D eigenvalue weighted by molar-refractivity contribution is 5.92. The molecule has 0 fully saturated rings. The summed E-state index contributed by atoms with van der Waals surface area (Å²) in [5, 5.41) is 0. The lowest BCUT2D eigenvalue weighted by Crippen LogP contribution is -2.03. The Morgan fingerprint density at radius 1 is 0.389 bits per heavy atom. The Hall–Kier alpha value is -7.48. The molecule has 14 nitrogen and oxygen atoms in total. The second-order valence-electron chi connectivity index (χ2n) is 10.9. The van der Waals surface area contributed by atoms with E-state index in [4.69, 9.17) is 28.9 Å². The SMILES string of the molecule is COC(=O)c1ccnc(C=Cc2nc(C=Cc3cc(C(=O)OC)ccn3)c(C=Cc3cc(C(=O)OC)ccn3)nc2C=Cc2cc(C(=O)OC)ccn2)c1. The fourth-order valence-electron chi connectivity index (χ4n) is 4.77. The van der Waals surface area contributed by atoms with Gasteiger partial charge in [0.25, 0.3) is 0 Å². The van der Waals surface area contributed by atoms with Crippen molar-refractivity contribution >= 4 is 72.5 Å². The molecule has 0 spiro atoms. The zero-order chi connectivity index (χ0) is 38.5. The van der Waals surface area contributed by atoms with E-state index in [1.807, 2.05) is 0 Å². The van der Waals surface area contributed by atoms with E-state index < -0.39 is 23.9 Å². The lowest BCUT2D eigenvalue weighted by Gasteiger charge is -2.08. The van der Waals surface area contributed by atoms with Crippen LogP contribution in [0.4, 0.5) is 0 Å². The van der Waals surface area contributed by atoms with Gasteiger partial charge in [-0.25, -0.2) is 29.1 Å². The number of pyridine rings is 4. The van der Waals surface area contributed by atoms with Crippen LogP contribution >= 0.6 is 0 Å². The van der Waals surface area contributed by atoms with Gasteiger partial charge in [0.05, 0.1) is 96.2 Å². The van der Waals surface area contributed by atoms with Crippen molar-refractivity contribution in [1.29, 1.82) is 0 Å². The molecule has 5 aromatic rings. The molecular weight excluding hydrogens is 692 g/mol. The lowest BCUT2D eigenvalue weighted by atomic mass is 10.1. The average Bonchev–Trinajstić information content (AvgIpc) is 3.22. The Morgan fingerprint density at radius 2 is 0.611 bits per heavy atom. The molecule has 5 heterocycles. The minimum Gasteiger partial charge on any atom is -0.465 e. The summed E-state index contributed by atoms with van der Waals surface area (Å²) < 4.78 is 19.4. The minimum atomic E-state index is -0.516. The molecule has 0 aromatic carbocycles. The summed E-state index contributed by atoms with van der Waals surface area (Å²) in [6.45, 7) is 0. The van der Waals surface area contributed by atoms with E-state index in [1.165, 1.54) is 77.5 Å². The molecule has 0 bridgehead atoms. The van der Waals surface area contributed by atoms with Crippen LogP contribution in [-0.4, -0.2) is 82.2 Å². The number of carbonyl (C=O) groups is 4. The fourth-order valence-corrected chi connectivity index (χ4v) is 4.77. The monoisotopic (exact) mass is 724 g/mol. The van der Waals surface area contributed by atoms with Crippen molar-refractivity contribution in [1.82, 2.24) is 29.9 Å². The summed E-state index contributed by atoms with van der Waals surface area (Å²) in [4.78, 5) is 75.9. The maximum atomic E-state index is 12.2. The summed E-state index contributed by atoms with van der Waals surface area (Å²) in [5.74, 6) is -2.07. The molecule has 0 saturated carbocycles. The van der Waals surface area contributed by atoms with Gasteiger partial charge < -0.3 is 18.9 Å². The molecule has 0 atom stereocenters. The molecule has 0 aliphatic rings. The molecule has 0 amide bonds. The molecule has 54 heavy (non-hydrogen) atoms. The van der Waals surface area contributed by atoms with E-state index in [2.05, 4.69) is 19.9 Å². The maximum Gasteiger partial charge on any atom is 0.337 e. The summed E-state index contributed by atoms with van der Waals surface area (Å²) in [7, 11) is 5.17. The van der Waals surface area contributed by atoms with E-state index in [9.17, 15) is 19.2 Å². The Labute approximate surface area is 309 Å². The third kappa shape index (κ3) is 9.85. The molecule has 270 valence electrons. The number of ether oxygens (including phenoxy) is 4. The Balaban J connectivity index is 1.66. The number of rotatable bonds is 12. The third-order valence-corrected chi connectivity index (χ3v) is 7.46. The predicted molar refractivity (Wildman–Crippen MR) is 200 cm³/mol. The Bertz CT molecular complexity index is 2010. The van der Waals surface area contributed by atoms with Crippen molar-refractivity contribution in [2.24, 2.45) is 0 Å². The molecule has 14 heteroatoms. The molecule has 5 rings (SSSR count). The first-order valence-electron chi connectivity index (χ1n) is 16.0. The van der Waals surface area contributed by atoms with Gasteiger partial charge in [-0.1, -0.05) is 0 Å². The Morgan fingerprint density at radius 3 is 0.815 bits per heavy atom. The number of hydrogen-bond donors (Lipinski definition) is 0. The van der Waals surface area contributed by atoms with Crippen molar-refractivity contribution < 1.29 is 38.1 Å². The largest absolute Gasteiger partial charge is 0.465 e. The molecule has 0 saturated heterocycles. The topological polar surface area (TPSA) is 183 Å². The fraction of sp³-hybridized carbons (Fsp3) is 0.100. The molecule has 0 aliphatic heterocycles. The van der Waals surface area contributed by atoms with Crippen LogP contribution in [0.2, 0.25) is 0 Å². The van der Waals surface area contributed by atoms with Crippen LogP contribution in [-0.2, 0) is 18.9 Å². The van der Waals surface area contributed by atoms with Gasteiger partial charge in [0.15, 0.2) is 0 Å². The van der Waals surface area contributed by atoms with Gasteiger partial charge >= 0.3 is 23.9 Å². The van der Waals surface area contributed by atoms with Crippen LogP contribution in [0.15, 0.2) is 73.3 Å².